The first kappa shape index (κ1) is 19.6. The van der Waals surface area contributed by atoms with Gasteiger partial charge < -0.3 is 9.67 Å². The van der Waals surface area contributed by atoms with Crippen LogP contribution in [0, 0.1) is 6.92 Å². The number of aliphatic hydroxyl groups is 1. The van der Waals surface area contributed by atoms with Gasteiger partial charge in [0, 0.05) is 0 Å². The fourth-order valence-electron chi connectivity index (χ4n) is 4.06. The lowest BCUT2D eigenvalue weighted by atomic mass is 10.1. The average Bonchev–Trinajstić information content (AvgIpc) is 3.17. The van der Waals surface area contributed by atoms with Gasteiger partial charge in [0.15, 0.2) is 0 Å². The predicted octanol–water partition coefficient (Wildman–Crippen LogP) is 1.60. The first-order valence-electron chi connectivity index (χ1n) is 8.76. The number of nitrogens with one attached hydrogen (secondary N) is 1. The van der Waals surface area contributed by atoms with Crippen LogP contribution in [0.25, 0.3) is 0 Å². The van der Waals surface area contributed by atoms with Gasteiger partial charge in [-0.05, 0) is 53.5 Å². The summed E-state index contributed by atoms with van der Waals surface area (Å²) in [5, 5.41) is 11.8. The zero-order valence-electron chi connectivity index (χ0n) is 15.2. The maximum Gasteiger partial charge on any atom is 0.294 e. The number of amides is 1. The molecular formula is C18H20BrN3O5S. The van der Waals surface area contributed by atoms with Crippen molar-refractivity contribution in [1.29, 1.82) is 0 Å². The number of benzene rings is 1. The van der Waals surface area contributed by atoms with Gasteiger partial charge in [-0.15, -0.1) is 0 Å². The minimum atomic E-state index is -3.89. The number of aromatic nitrogens is 1. The van der Waals surface area contributed by atoms with Crippen LogP contribution in [0.4, 0.5) is 0 Å². The van der Waals surface area contributed by atoms with Gasteiger partial charge in [0.2, 0.25) is 10.0 Å². The molecule has 2 N–H and O–H groups in total. The van der Waals surface area contributed by atoms with Crippen LogP contribution in [0.15, 0.2) is 45.9 Å². The Morgan fingerprint density at radius 3 is 2.54 bits per heavy atom. The van der Waals surface area contributed by atoms with Crippen LogP contribution < -0.4 is 4.72 Å². The highest BCUT2D eigenvalue weighted by molar-refractivity contribution is 9.10. The monoisotopic (exact) mass is 469 g/mol. The maximum absolute atomic E-state index is 12.9. The molecule has 10 heteroatoms. The maximum atomic E-state index is 12.9. The van der Waals surface area contributed by atoms with E-state index in [0.29, 0.717) is 10.3 Å². The van der Waals surface area contributed by atoms with Crippen LogP contribution >= 0.6 is 15.9 Å². The zero-order chi connectivity index (χ0) is 20.2. The molecule has 4 atom stereocenters. The van der Waals surface area contributed by atoms with Crippen LogP contribution in [0.5, 0.6) is 0 Å². The smallest absolute Gasteiger partial charge is 0.294 e. The SMILES string of the molecule is CON1C(=O)c2ccc(Br)n2[C@H]2C[C@@H](O)[C@H](NS(=O)(=O)c3ccc(C)cc3)[C@H]21. The molecule has 0 saturated heterocycles. The summed E-state index contributed by atoms with van der Waals surface area (Å²) < 4.78 is 30.8. The van der Waals surface area contributed by atoms with E-state index in [1.165, 1.54) is 19.2 Å². The Hall–Kier alpha value is -1.72. The highest BCUT2D eigenvalue weighted by Gasteiger charge is 2.54. The Balaban J connectivity index is 1.72. The number of carbonyl (C=O) groups is 1. The third-order valence-electron chi connectivity index (χ3n) is 5.37. The molecule has 0 unspecified atom stereocenters. The van der Waals surface area contributed by atoms with Crippen LogP contribution in [0.3, 0.4) is 0 Å². The fraction of sp³-hybridized carbons (Fsp3) is 0.389. The first-order chi connectivity index (χ1) is 13.2. The van der Waals surface area contributed by atoms with E-state index < -0.39 is 28.2 Å². The van der Waals surface area contributed by atoms with Crippen molar-refractivity contribution in [2.24, 2.45) is 0 Å². The molecule has 8 nitrogen and oxygen atoms in total. The summed E-state index contributed by atoms with van der Waals surface area (Å²) >= 11 is 3.43. The van der Waals surface area contributed by atoms with E-state index in [2.05, 4.69) is 20.7 Å². The van der Waals surface area contributed by atoms with Gasteiger partial charge >= 0.3 is 0 Å². The van der Waals surface area contributed by atoms with E-state index >= 15 is 0 Å². The van der Waals surface area contributed by atoms with Crippen molar-refractivity contribution >= 4 is 31.9 Å². The molecule has 2 aliphatic rings. The first-order valence-corrected chi connectivity index (χ1v) is 11.0. The minimum absolute atomic E-state index is 0.0997. The Labute approximate surface area is 171 Å². The Morgan fingerprint density at radius 2 is 1.89 bits per heavy atom. The number of hydrogen-bond donors (Lipinski definition) is 2. The van der Waals surface area contributed by atoms with Crippen molar-refractivity contribution in [2.45, 2.75) is 42.5 Å². The van der Waals surface area contributed by atoms with Gasteiger partial charge in [0.25, 0.3) is 5.91 Å². The fourth-order valence-corrected chi connectivity index (χ4v) is 5.93. The predicted molar refractivity (Wildman–Crippen MR) is 104 cm³/mol. The molecule has 4 rings (SSSR count). The van der Waals surface area contributed by atoms with E-state index in [9.17, 15) is 18.3 Å². The molecule has 1 aliphatic carbocycles. The quantitative estimate of drug-likeness (QED) is 0.707. The topological polar surface area (TPSA) is 101 Å². The lowest BCUT2D eigenvalue weighted by Crippen LogP contribution is -2.58. The molecule has 0 spiro atoms. The Bertz CT molecular complexity index is 1020. The van der Waals surface area contributed by atoms with Gasteiger partial charge in [-0.2, -0.15) is 0 Å². The summed E-state index contributed by atoms with van der Waals surface area (Å²) in [7, 11) is -2.53. The van der Waals surface area contributed by atoms with E-state index in [4.69, 9.17) is 4.84 Å². The number of fused-ring (bicyclic) bond motifs is 3. The number of halogens is 1. The lowest BCUT2D eigenvalue weighted by Gasteiger charge is -2.39. The number of nitrogens with zero attached hydrogens (tertiary/aromatic N) is 2. The highest BCUT2D eigenvalue weighted by atomic mass is 79.9. The number of hydroxylamine groups is 2. The molecule has 2 aromatic rings. The molecule has 1 fully saturated rings. The average molecular weight is 470 g/mol. The molecule has 1 aliphatic heterocycles. The number of sulfonamides is 1. The van der Waals surface area contributed by atoms with Gasteiger partial charge in [-0.25, -0.2) is 18.2 Å². The van der Waals surface area contributed by atoms with E-state index in [1.807, 2.05) is 6.92 Å². The molecule has 1 aromatic carbocycles. The van der Waals surface area contributed by atoms with Gasteiger partial charge in [0.1, 0.15) is 5.69 Å². The Kier molecular flexibility index (Phi) is 4.87. The van der Waals surface area contributed by atoms with Crippen molar-refractivity contribution in [3.8, 4) is 0 Å². The van der Waals surface area contributed by atoms with Crippen molar-refractivity contribution in [2.75, 3.05) is 7.11 Å². The Morgan fingerprint density at radius 1 is 1.21 bits per heavy atom. The number of carbonyl (C=O) groups excluding carboxylic acids is 1. The number of rotatable bonds is 4. The third kappa shape index (κ3) is 3.00. The number of aliphatic hydroxyl groups excluding tert-OH is 1. The van der Waals surface area contributed by atoms with Crippen LogP contribution in [0.2, 0.25) is 0 Å². The molecule has 0 radical (unpaired) electrons. The minimum Gasteiger partial charge on any atom is -0.391 e. The van der Waals surface area contributed by atoms with Crippen molar-refractivity contribution in [1.82, 2.24) is 14.4 Å². The molecule has 1 aromatic heterocycles. The van der Waals surface area contributed by atoms with Crippen molar-refractivity contribution < 1.29 is 23.2 Å². The molecule has 1 amide bonds. The van der Waals surface area contributed by atoms with Crippen LogP contribution in [-0.2, 0) is 14.9 Å². The second-order valence-corrected chi connectivity index (χ2v) is 9.57. The highest BCUT2D eigenvalue weighted by Crippen LogP contribution is 2.42. The molecule has 1 saturated carbocycles. The zero-order valence-corrected chi connectivity index (χ0v) is 17.6. The number of aryl methyl sites for hydroxylation is 1. The van der Waals surface area contributed by atoms with E-state index in [-0.39, 0.29) is 23.3 Å². The summed E-state index contributed by atoms with van der Waals surface area (Å²) in [6.07, 6.45) is -0.708. The standard InChI is InChI=1S/C18H20BrN3O5S/c1-10-3-5-11(6-4-10)28(25,26)20-16-14(23)9-13-17(16)22(27-2)18(24)12-7-8-15(19)21(12)13/h3-8,13-14,16-17,20,23H,9H2,1-2H3/t13-,14+,16-,17-/m0/s1. The van der Waals surface area contributed by atoms with Crippen LogP contribution in [-0.4, -0.2) is 54.4 Å². The molecule has 2 heterocycles. The molecular weight excluding hydrogens is 450 g/mol. The van der Waals surface area contributed by atoms with Crippen LogP contribution in [0.1, 0.15) is 28.5 Å². The molecule has 150 valence electrons. The normalized spacial score (nSPS) is 27.0. The van der Waals surface area contributed by atoms with E-state index in [0.717, 1.165) is 10.6 Å². The molecule has 0 bridgehead atoms. The largest absolute Gasteiger partial charge is 0.391 e. The van der Waals surface area contributed by atoms with Gasteiger partial charge in [0.05, 0.1) is 40.8 Å². The third-order valence-corrected chi connectivity index (χ3v) is 7.49. The summed E-state index contributed by atoms with van der Waals surface area (Å²) in [6, 6.07) is 7.91. The van der Waals surface area contributed by atoms with Crippen molar-refractivity contribution in [3.05, 3.63) is 52.3 Å². The molecule has 28 heavy (non-hydrogen) atoms. The second-order valence-electron chi connectivity index (χ2n) is 7.05. The van der Waals surface area contributed by atoms with Crippen molar-refractivity contribution in [3.63, 3.8) is 0 Å². The van der Waals surface area contributed by atoms with Gasteiger partial charge in [-0.1, -0.05) is 17.7 Å². The van der Waals surface area contributed by atoms with E-state index in [1.54, 1.807) is 28.8 Å². The summed E-state index contributed by atoms with van der Waals surface area (Å²) in [4.78, 5) is 18.2. The summed E-state index contributed by atoms with van der Waals surface area (Å²) in [5.74, 6) is -0.386. The summed E-state index contributed by atoms with van der Waals surface area (Å²) in [5.41, 5.74) is 1.36. The summed E-state index contributed by atoms with van der Waals surface area (Å²) in [6.45, 7) is 1.87. The van der Waals surface area contributed by atoms with Gasteiger partial charge in [-0.3, -0.25) is 9.63 Å². The second kappa shape index (κ2) is 6.96. The number of hydrogen-bond acceptors (Lipinski definition) is 5. The lowest BCUT2D eigenvalue weighted by molar-refractivity contribution is -0.141.